The molecule has 0 aromatic heterocycles. The Kier molecular flexibility index (Phi) is 46.6. The molecule has 58 heavy (non-hydrogen) atoms. The van der Waals surface area contributed by atoms with Gasteiger partial charge in [0.05, 0.1) is 25.4 Å². The molecule has 0 aliphatic rings. The first-order chi connectivity index (χ1) is 28.5. The number of amides is 1. The number of aliphatic hydroxyl groups is 2. The first-order valence-corrected chi connectivity index (χ1v) is 25.6. The van der Waals surface area contributed by atoms with Crippen molar-refractivity contribution in [3.05, 3.63) is 24.3 Å². The Morgan fingerprint density at radius 2 is 0.828 bits per heavy atom. The summed E-state index contributed by atoms with van der Waals surface area (Å²) in [5, 5.41) is 23.2. The Bertz CT molecular complexity index is 904. The molecule has 0 rings (SSSR count). The average molecular weight is 818 g/mol. The van der Waals surface area contributed by atoms with E-state index in [1.807, 2.05) is 0 Å². The van der Waals surface area contributed by atoms with Crippen molar-refractivity contribution in [3.63, 3.8) is 0 Å². The Morgan fingerprint density at radius 1 is 0.466 bits per heavy atom. The summed E-state index contributed by atoms with van der Waals surface area (Å²) in [5.74, 6) is -0.0941. The van der Waals surface area contributed by atoms with Gasteiger partial charge in [-0.3, -0.25) is 9.59 Å². The predicted octanol–water partition coefficient (Wildman–Crippen LogP) is 15.1. The normalized spacial score (nSPS) is 12.8. The maximum absolute atomic E-state index is 12.4. The van der Waals surface area contributed by atoms with Crippen LogP contribution in [0.15, 0.2) is 24.3 Å². The molecule has 6 nitrogen and oxygen atoms in total. The van der Waals surface area contributed by atoms with Crippen molar-refractivity contribution in [2.75, 3.05) is 13.2 Å². The summed E-state index contributed by atoms with van der Waals surface area (Å²) in [7, 11) is 0. The van der Waals surface area contributed by atoms with Crippen LogP contribution in [-0.4, -0.2) is 47.4 Å². The van der Waals surface area contributed by atoms with Crippen molar-refractivity contribution in [2.45, 2.75) is 283 Å². The molecule has 0 saturated heterocycles. The second-order valence-corrected chi connectivity index (χ2v) is 17.5. The maximum Gasteiger partial charge on any atom is 0.305 e. The third-order valence-corrected chi connectivity index (χ3v) is 11.7. The molecule has 3 N–H and O–H groups in total. The van der Waals surface area contributed by atoms with Gasteiger partial charge in [-0.15, -0.1) is 0 Å². The number of hydrogen-bond donors (Lipinski definition) is 3. The fourth-order valence-corrected chi connectivity index (χ4v) is 7.73. The first-order valence-electron chi connectivity index (χ1n) is 25.6. The number of carbonyl (C=O) groups excluding carboxylic acids is 2. The molecule has 0 saturated carbocycles. The number of allylic oxidation sites excluding steroid dienone is 4. The summed E-state index contributed by atoms with van der Waals surface area (Å²) in [6, 6.07) is -0.560. The van der Waals surface area contributed by atoms with Gasteiger partial charge in [-0.1, -0.05) is 205 Å². The number of hydrogen-bond acceptors (Lipinski definition) is 5. The number of ether oxygens (including phenoxy) is 1. The lowest BCUT2D eigenvalue weighted by atomic mass is 10.0. The monoisotopic (exact) mass is 818 g/mol. The van der Waals surface area contributed by atoms with Crippen LogP contribution in [0, 0.1) is 0 Å². The lowest BCUT2D eigenvalue weighted by molar-refractivity contribution is -0.143. The highest BCUT2D eigenvalue weighted by Gasteiger charge is 2.20. The molecule has 342 valence electrons. The van der Waals surface area contributed by atoms with Gasteiger partial charge in [-0.25, -0.2) is 0 Å². The summed E-state index contributed by atoms with van der Waals surface area (Å²) in [4.78, 5) is 24.4. The summed E-state index contributed by atoms with van der Waals surface area (Å²) in [5.41, 5.74) is 0. The van der Waals surface area contributed by atoms with Gasteiger partial charge in [0.2, 0.25) is 5.91 Å². The van der Waals surface area contributed by atoms with Crippen LogP contribution >= 0.6 is 0 Å². The van der Waals surface area contributed by atoms with Crippen LogP contribution < -0.4 is 5.32 Å². The molecule has 0 aliphatic carbocycles. The van der Waals surface area contributed by atoms with E-state index in [0.717, 1.165) is 77.0 Å². The number of carbonyl (C=O) groups is 2. The zero-order valence-electron chi connectivity index (χ0n) is 38.8. The van der Waals surface area contributed by atoms with Gasteiger partial charge in [0.1, 0.15) is 0 Å². The minimum absolute atomic E-state index is 0.0338. The average Bonchev–Trinajstić information content (AvgIpc) is 3.22. The van der Waals surface area contributed by atoms with Crippen molar-refractivity contribution in [1.29, 1.82) is 0 Å². The van der Waals surface area contributed by atoms with Crippen LogP contribution in [0.4, 0.5) is 0 Å². The van der Waals surface area contributed by atoms with E-state index in [-0.39, 0.29) is 18.5 Å². The molecule has 0 fully saturated rings. The van der Waals surface area contributed by atoms with Crippen LogP contribution in [-0.2, 0) is 14.3 Å². The van der Waals surface area contributed by atoms with Gasteiger partial charge in [-0.2, -0.15) is 0 Å². The number of rotatable bonds is 47. The van der Waals surface area contributed by atoms with E-state index in [0.29, 0.717) is 25.9 Å². The zero-order chi connectivity index (χ0) is 42.3. The van der Waals surface area contributed by atoms with Crippen LogP contribution in [0.2, 0.25) is 0 Å². The van der Waals surface area contributed by atoms with Crippen molar-refractivity contribution >= 4 is 11.9 Å². The summed E-state index contributed by atoms with van der Waals surface area (Å²) < 4.78 is 5.42. The van der Waals surface area contributed by atoms with Gasteiger partial charge < -0.3 is 20.3 Å². The predicted molar refractivity (Wildman–Crippen MR) is 250 cm³/mol. The molecular formula is C52H99NO5. The van der Waals surface area contributed by atoms with Crippen molar-refractivity contribution in [1.82, 2.24) is 5.32 Å². The Morgan fingerprint density at radius 3 is 1.28 bits per heavy atom. The van der Waals surface area contributed by atoms with Crippen molar-refractivity contribution in [2.24, 2.45) is 0 Å². The van der Waals surface area contributed by atoms with Crippen molar-refractivity contribution < 1.29 is 24.5 Å². The van der Waals surface area contributed by atoms with E-state index < -0.39 is 12.1 Å². The highest BCUT2D eigenvalue weighted by Crippen LogP contribution is 2.16. The lowest BCUT2D eigenvalue weighted by Crippen LogP contribution is -2.45. The standard InChI is InChI=1S/C52H99NO5/c1-3-5-7-9-11-13-15-16-17-18-19-20-21-25-28-32-36-40-44-50(55)49(48-54)53-51(56)45-41-37-33-29-26-22-23-27-31-35-39-43-47-58-52(57)46-42-38-34-30-24-14-12-10-8-6-4-2/h10,12,23,27,49-50,54-55H,3-9,11,13-22,24-26,28-48H2,1-2H3,(H,53,56)/b12-10-,27-23-. The SMILES string of the molecule is CCCC/C=C\CCCCCCCC(=O)OCCCCC/C=C\CCCCCCCC(=O)NC(CO)C(O)CCCCCCCCCCCCCCCCCCCC. The largest absolute Gasteiger partial charge is 0.466 e. The highest BCUT2D eigenvalue weighted by molar-refractivity contribution is 5.76. The number of aliphatic hydroxyl groups excluding tert-OH is 2. The molecule has 6 heteroatoms. The first kappa shape index (κ1) is 56.3. The number of unbranched alkanes of at least 4 members (excludes halogenated alkanes) is 32. The highest BCUT2D eigenvalue weighted by atomic mass is 16.5. The summed E-state index contributed by atoms with van der Waals surface area (Å²) >= 11 is 0. The maximum atomic E-state index is 12.4. The van der Waals surface area contributed by atoms with E-state index >= 15 is 0 Å². The molecule has 1 amide bonds. The minimum atomic E-state index is -0.680. The zero-order valence-corrected chi connectivity index (χ0v) is 38.8. The lowest BCUT2D eigenvalue weighted by Gasteiger charge is -2.22. The summed E-state index contributed by atoms with van der Waals surface area (Å²) in [6.45, 7) is 4.85. The fraction of sp³-hybridized carbons (Fsp3) is 0.885. The molecule has 0 aliphatic heterocycles. The van der Waals surface area contributed by atoms with Crippen LogP contribution in [0.25, 0.3) is 0 Å². The van der Waals surface area contributed by atoms with Crippen LogP contribution in [0.3, 0.4) is 0 Å². The third kappa shape index (κ3) is 43.9. The molecule has 2 atom stereocenters. The van der Waals surface area contributed by atoms with Crippen LogP contribution in [0.1, 0.15) is 271 Å². The fourth-order valence-electron chi connectivity index (χ4n) is 7.73. The molecular weight excluding hydrogens is 719 g/mol. The van der Waals surface area contributed by atoms with E-state index in [9.17, 15) is 19.8 Å². The van der Waals surface area contributed by atoms with Crippen LogP contribution in [0.5, 0.6) is 0 Å². The topological polar surface area (TPSA) is 95.9 Å². The van der Waals surface area contributed by atoms with Gasteiger partial charge in [0, 0.05) is 12.8 Å². The van der Waals surface area contributed by atoms with Gasteiger partial charge in [0.15, 0.2) is 0 Å². The molecule has 2 unspecified atom stereocenters. The molecule has 0 heterocycles. The quantitative estimate of drug-likeness (QED) is 0.0323. The van der Waals surface area contributed by atoms with E-state index in [1.165, 1.54) is 161 Å². The second kappa shape index (κ2) is 48.0. The van der Waals surface area contributed by atoms with Gasteiger partial charge >= 0.3 is 5.97 Å². The summed E-state index contributed by atoms with van der Waals surface area (Å²) in [6.07, 6.45) is 55.7. The molecule has 0 aromatic carbocycles. The third-order valence-electron chi connectivity index (χ3n) is 11.7. The number of nitrogens with one attached hydrogen (secondary N) is 1. The Hall–Kier alpha value is -1.66. The second-order valence-electron chi connectivity index (χ2n) is 17.5. The Labute approximate surface area is 361 Å². The van der Waals surface area contributed by atoms with E-state index in [2.05, 4.69) is 43.5 Å². The number of esters is 1. The van der Waals surface area contributed by atoms with E-state index in [1.54, 1.807) is 0 Å². The smallest absolute Gasteiger partial charge is 0.305 e. The van der Waals surface area contributed by atoms with Crippen molar-refractivity contribution in [3.8, 4) is 0 Å². The minimum Gasteiger partial charge on any atom is -0.466 e. The molecule has 0 aromatic rings. The van der Waals surface area contributed by atoms with Gasteiger partial charge in [0.25, 0.3) is 0 Å². The Balaban J connectivity index is 3.52. The molecule has 0 spiro atoms. The van der Waals surface area contributed by atoms with Gasteiger partial charge in [-0.05, 0) is 77.0 Å². The molecule has 0 radical (unpaired) electrons. The van der Waals surface area contributed by atoms with E-state index in [4.69, 9.17) is 4.74 Å². The molecule has 0 bridgehead atoms.